The molecule has 0 amide bonds. The minimum absolute atomic E-state index is 0.404. The van der Waals surface area contributed by atoms with Crippen molar-refractivity contribution < 1.29 is 13.9 Å². The van der Waals surface area contributed by atoms with Crippen LogP contribution < -0.4 is 14.9 Å². The maximum absolute atomic E-state index is 5.85. The van der Waals surface area contributed by atoms with Gasteiger partial charge in [-0.1, -0.05) is 30.3 Å². The lowest BCUT2D eigenvalue weighted by Crippen LogP contribution is -2.12. The number of hydrazone groups is 1. The number of fused-ring (bicyclic) bond motifs is 1. The fourth-order valence-corrected chi connectivity index (χ4v) is 3.65. The van der Waals surface area contributed by atoms with Crippen LogP contribution in [0.25, 0.3) is 23.1 Å². The van der Waals surface area contributed by atoms with Crippen LogP contribution in [0.15, 0.2) is 106 Å². The molecule has 1 N–H and O–H groups in total. The van der Waals surface area contributed by atoms with Gasteiger partial charge in [0.15, 0.2) is 0 Å². The van der Waals surface area contributed by atoms with Crippen LogP contribution >= 0.6 is 0 Å². The molecule has 1 aliphatic rings. The van der Waals surface area contributed by atoms with Crippen LogP contribution in [0.5, 0.6) is 11.5 Å². The summed E-state index contributed by atoms with van der Waals surface area (Å²) in [6, 6.07) is 21.5. The van der Waals surface area contributed by atoms with Crippen molar-refractivity contribution in [3.8, 4) is 11.5 Å². The number of hydrogen-bond acceptors (Lipinski definition) is 6. The summed E-state index contributed by atoms with van der Waals surface area (Å²) in [6.07, 6.45) is 12.5. The van der Waals surface area contributed by atoms with Crippen molar-refractivity contribution in [1.29, 1.82) is 0 Å². The van der Waals surface area contributed by atoms with Crippen molar-refractivity contribution in [2.24, 2.45) is 5.10 Å². The zero-order chi connectivity index (χ0) is 23.9. The Labute approximate surface area is 203 Å². The minimum Gasteiger partial charge on any atom is -0.496 e. The number of methoxy groups -OCH3 is 1. The van der Waals surface area contributed by atoms with Crippen molar-refractivity contribution >= 4 is 28.8 Å². The molecule has 0 atom stereocenters. The molecule has 174 valence electrons. The first-order valence-corrected chi connectivity index (χ1v) is 11.3. The third-order valence-corrected chi connectivity index (χ3v) is 5.50. The zero-order valence-corrected chi connectivity index (χ0v) is 19.3. The van der Waals surface area contributed by atoms with E-state index >= 15 is 0 Å². The monoisotopic (exact) mass is 463 g/mol. The van der Waals surface area contributed by atoms with E-state index in [9.17, 15) is 0 Å². The standard InChI is InChI=1S/C29H25N3O3/c1-33-29-19-26(34-20-25-7-4-5-17-30-25)15-10-21(29)9-11-23-12-13-24(32-31-23)14-16-27-18-22-6-2-3-8-28(22)35-27/h2-11,13-19,32H,12,20H2,1H3/b11-9+,16-14+. The number of pyridine rings is 1. The van der Waals surface area contributed by atoms with Crippen LogP contribution in [-0.2, 0) is 6.61 Å². The van der Waals surface area contributed by atoms with Crippen LogP contribution in [0.2, 0.25) is 0 Å². The average Bonchev–Trinajstić information content (AvgIpc) is 3.34. The molecule has 0 radical (unpaired) electrons. The summed E-state index contributed by atoms with van der Waals surface area (Å²) in [7, 11) is 1.65. The number of aromatic nitrogens is 1. The summed E-state index contributed by atoms with van der Waals surface area (Å²) in [5, 5.41) is 5.56. The van der Waals surface area contributed by atoms with Crippen LogP contribution in [-0.4, -0.2) is 17.8 Å². The Bertz CT molecular complexity index is 1400. The molecule has 0 aliphatic carbocycles. The van der Waals surface area contributed by atoms with Gasteiger partial charge in [0.05, 0.1) is 24.2 Å². The summed E-state index contributed by atoms with van der Waals surface area (Å²) in [5.41, 5.74) is 7.64. The van der Waals surface area contributed by atoms with Crippen LogP contribution in [0.3, 0.4) is 0 Å². The van der Waals surface area contributed by atoms with Crippen molar-refractivity contribution in [2.45, 2.75) is 13.0 Å². The minimum atomic E-state index is 0.404. The van der Waals surface area contributed by atoms with Crippen molar-refractivity contribution in [3.05, 3.63) is 114 Å². The van der Waals surface area contributed by atoms with Gasteiger partial charge in [-0.3, -0.25) is 10.4 Å². The Morgan fingerprint density at radius 3 is 2.69 bits per heavy atom. The van der Waals surface area contributed by atoms with Gasteiger partial charge in [-0.25, -0.2) is 0 Å². The first kappa shape index (κ1) is 22.2. The Hall–Kier alpha value is -4.58. The van der Waals surface area contributed by atoms with Gasteiger partial charge < -0.3 is 13.9 Å². The lowest BCUT2D eigenvalue weighted by Gasteiger charge is -2.11. The number of hydrogen-bond donors (Lipinski definition) is 1. The van der Waals surface area contributed by atoms with E-state index in [0.29, 0.717) is 6.61 Å². The molecule has 2 aromatic heterocycles. The van der Waals surface area contributed by atoms with Crippen LogP contribution in [0.1, 0.15) is 23.4 Å². The summed E-state index contributed by atoms with van der Waals surface area (Å²) in [5.74, 6) is 2.27. The lowest BCUT2D eigenvalue weighted by atomic mass is 10.1. The number of nitrogens with zero attached hydrogens (tertiary/aromatic N) is 2. The molecule has 1 aliphatic heterocycles. The lowest BCUT2D eigenvalue weighted by molar-refractivity contribution is 0.299. The molecular formula is C29H25N3O3. The highest BCUT2D eigenvalue weighted by molar-refractivity contribution is 5.99. The number of ether oxygens (including phenoxy) is 2. The third kappa shape index (κ3) is 5.68. The highest BCUT2D eigenvalue weighted by atomic mass is 16.5. The smallest absolute Gasteiger partial charge is 0.134 e. The van der Waals surface area contributed by atoms with Gasteiger partial charge in [-0.2, -0.15) is 5.10 Å². The fourth-order valence-electron chi connectivity index (χ4n) is 3.65. The fraction of sp³-hybridized carbons (Fsp3) is 0.103. The largest absolute Gasteiger partial charge is 0.496 e. The normalized spacial score (nSPS) is 13.6. The second-order valence-electron chi connectivity index (χ2n) is 7.95. The predicted molar refractivity (Wildman–Crippen MR) is 139 cm³/mol. The van der Waals surface area contributed by atoms with Crippen LogP contribution in [0, 0.1) is 0 Å². The summed E-state index contributed by atoms with van der Waals surface area (Å²) < 4.78 is 17.2. The van der Waals surface area contributed by atoms with Gasteiger partial charge in [0.25, 0.3) is 0 Å². The first-order valence-electron chi connectivity index (χ1n) is 11.3. The van der Waals surface area contributed by atoms with Crippen molar-refractivity contribution in [3.63, 3.8) is 0 Å². The number of benzene rings is 2. The first-order chi connectivity index (χ1) is 17.3. The second-order valence-corrected chi connectivity index (χ2v) is 7.95. The number of nitrogens with one attached hydrogen (secondary N) is 1. The van der Waals surface area contributed by atoms with E-state index in [2.05, 4.69) is 21.6 Å². The van der Waals surface area contributed by atoms with Crippen molar-refractivity contribution in [1.82, 2.24) is 10.4 Å². The van der Waals surface area contributed by atoms with E-state index in [4.69, 9.17) is 13.9 Å². The Kier molecular flexibility index (Phi) is 6.71. The molecule has 0 fully saturated rings. The van der Waals surface area contributed by atoms with E-state index < -0.39 is 0 Å². The highest BCUT2D eigenvalue weighted by Crippen LogP contribution is 2.27. The number of para-hydroxylation sites is 1. The maximum Gasteiger partial charge on any atom is 0.134 e. The second kappa shape index (κ2) is 10.6. The molecule has 5 rings (SSSR count). The Balaban J connectivity index is 1.18. The van der Waals surface area contributed by atoms with Gasteiger partial charge >= 0.3 is 0 Å². The number of allylic oxidation sites excluding steroid dienone is 3. The molecule has 35 heavy (non-hydrogen) atoms. The van der Waals surface area contributed by atoms with E-state index in [0.717, 1.165) is 57.3 Å². The zero-order valence-electron chi connectivity index (χ0n) is 19.3. The van der Waals surface area contributed by atoms with Crippen molar-refractivity contribution in [2.75, 3.05) is 7.11 Å². The highest BCUT2D eigenvalue weighted by Gasteiger charge is 2.06. The molecule has 6 nitrogen and oxygen atoms in total. The summed E-state index contributed by atoms with van der Waals surface area (Å²) >= 11 is 0. The summed E-state index contributed by atoms with van der Waals surface area (Å²) in [6.45, 7) is 0.404. The Morgan fingerprint density at radius 1 is 0.971 bits per heavy atom. The van der Waals surface area contributed by atoms with Crippen LogP contribution in [0.4, 0.5) is 0 Å². The molecule has 3 heterocycles. The maximum atomic E-state index is 5.85. The van der Waals surface area contributed by atoms with Gasteiger partial charge in [0.1, 0.15) is 29.4 Å². The van der Waals surface area contributed by atoms with E-state index in [1.165, 1.54) is 0 Å². The Morgan fingerprint density at radius 2 is 1.89 bits per heavy atom. The molecule has 0 bridgehead atoms. The molecular weight excluding hydrogens is 438 g/mol. The molecule has 4 aromatic rings. The third-order valence-electron chi connectivity index (χ3n) is 5.50. The van der Waals surface area contributed by atoms with Gasteiger partial charge in [0, 0.05) is 29.6 Å². The quantitative estimate of drug-likeness (QED) is 0.329. The molecule has 0 unspecified atom stereocenters. The average molecular weight is 464 g/mol. The molecule has 0 saturated heterocycles. The van der Waals surface area contributed by atoms with Gasteiger partial charge in [-0.15, -0.1) is 0 Å². The van der Waals surface area contributed by atoms with E-state index in [-0.39, 0.29) is 0 Å². The van der Waals surface area contributed by atoms with E-state index in [1.807, 2.05) is 91.0 Å². The van der Waals surface area contributed by atoms with Gasteiger partial charge in [-0.05, 0) is 60.7 Å². The number of rotatable bonds is 8. The predicted octanol–water partition coefficient (Wildman–Crippen LogP) is 6.38. The molecule has 2 aromatic carbocycles. The SMILES string of the molecule is COc1cc(OCc2ccccn2)ccc1/C=C/C1=NNC(/C=C/c2cc3ccccc3o2)=CC1. The topological polar surface area (TPSA) is 68.9 Å². The van der Waals surface area contributed by atoms with E-state index in [1.54, 1.807) is 13.3 Å². The molecule has 0 saturated carbocycles. The number of furan rings is 1. The molecule has 6 heteroatoms. The molecule has 0 spiro atoms. The summed E-state index contributed by atoms with van der Waals surface area (Å²) in [4.78, 5) is 4.28. The van der Waals surface area contributed by atoms with Gasteiger partial charge in [0.2, 0.25) is 0 Å².